The maximum Gasteiger partial charge on any atom is 0.416 e. The van der Waals surface area contributed by atoms with E-state index in [0.717, 1.165) is 0 Å². The van der Waals surface area contributed by atoms with Crippen molar-refractivity contribution in [2.75, 3.05) is 9.74 Å². The summed E-state index contributed by atoms with van der Waals surface area (Å²) in [4.78, 5) is 11.9. The molecule has 8 heteroatoms. The molecule has 2 rings (SSSR count). The van der Waals surface area contributed by atoms with Crippen molar-refractivity contribution in [1.82, 2.24) is 0 Å². The van der Waals surface area contributed by atoms with Crippen molar-refractivity contribution in [3.63, 3.8) is 0 Å². The van der Waals surface area contributed by atoms with E-state index in [0.29, 0.717) is 22.6 Å². The van der Waals surface area contributed by atoms with E-state index in [1.165, 1.54) is 12.1 Å². The van der Waals surface area contributed by atoms with Crippen LogP contribution in [0.2, 0.25) is 0 Å². The van der Waals surface area contributed by atoms with Gasteiger partial charge in [-0.1, -0.05) is 18.2 Å². The molecule has 3 nitrogen and oxygen atoms in total. The third kappa shape index (κ3) is 3.67. The molecule has 0 saturated heterocycles. The molecule has 0 fully saturated rings. The van der Waals surface area contributed by atoms with E-state index in [-0.39, 0.29) is 5.69 Å². The number of hydrogen-bond acceptors (Lipinski definition) is 1. The molecule has 2 amide bonds. The highest BCUT2D eigenvalue weighted by molar-refractivity contribution is 6.38. The van der Waals surface area contributed by atoms with Crippen LogP contribution in [-0.2, 0) is 6.18 Å². The molecule has 0 spiro atoms. The quantitative estimate of drug-likeness (QED) is 0.606. The van der Waals surface area contributed by atoms with Gasteiger partial charge < -0.3 is 5.32 Å². The molecule has 0 aliphatic heterocycles. The molecule has 0 bridgehead atoms. The molecular weight excluding hydrogens is 324 g/mol. The Hall–Kier alpha value is -2.28. The Morgan fingerprint density at radius 2 is 1.73 bits per heavy atom. The molecule has 22 heavy (non-hydrogen) atoms. The van der Waals surface area contributed by atoms with Crippen LogP contribution in [0, 0.1) is 5.82 Å². The van der Waals surface area contributed by atoms with Gasteiger partial charge in [0.2, 0.25) is 0 Å². The van der Waals surface area contributed by atoms with Gasteiger partial charge in [0, 0.05) is 11.8 Å². The van der Waals surface area contributed by atoms with E-state index in [9.17, 15) is 22.4 Å². The summed E-state index contributed by atoms with van der Waals surface area (Å²) in [7, 11) is 0. The van der Waals surface area contributed by atoms with Crippen LogP contribution in [-0.4, -0.2) is 6.03 Å². The molecule has 0 aliphatic rings. The Morgan fingerprint density at radius 3 is 2.32 bits per heavy atom. The second kappa shape index (κ2) is 6.23. The smallest absolute Gasteiger partial charge is 0.304 e. The zero-order valence-corrected chi connectivity index (χ0v) is 11.6. The van der Waals surface area contributed by atoms with Crippen LogP contribution in [0.5, 0.6) is 0 Å². The fourth-order valence-electron chi connectivity index (χ4n) is 1.64. The van der Waals surface area contributed by atoms with Gasteiger partial charge in [0.1, 0.15) is 5.82 Å². The van der Waals surface area contributed by atoms with Gasteiger partial charge >= 0.3 is 12.2 Å². The molecule has 0 heterocycles. The number of urea groups is 1. The number of carbonyl (C=O) groups excluding carboxylic acids is 1. The molecule has 116 valence electrons. The minimum absolute atomic E-state index is 0.286. The Balaban J connectivity index is 2.21. The third-order valence-electron chi connectivity index (χ3n) is 2.70. The van der Waals surface area contributed by atoms with Crippen molar-refractivity contribution in [2.45, 2.75) is 6.18 Å². The van der Waals surface area contributed by atoms with Crippen LogP contribution in [0.15, 0.2) is 48.5 Å². The first-order chi connectivity index (χ1) is 10.3. The van der Waals surface area contributed by atoms with Gasteiger partial charge in [-0.05, 0) is 30.3 Å². The highest BCUT2D eigenvalue weighted by atomic mass is 35.5. The van der Waals surface area contributed by atoms with Crippen molar-refractivity contribution in [1.29, 1.82) is 0 Å². The maximum atomic E-state index is 13.5. The lowest BCUT2D eigenvalue weighted by molar-refractivity contribution is -0.137. The predicted octanol–water partition coefficient (Wildman–Crippen LogP) is 5.04. The minimum Gasteiger partial charge on any atom is -0.304 e. The molecule has 2 aromatic carbocycles. The van der Waals surface area contributed by atoms with Crippen molar-refractivity contribution in [2.24, 2.45) is 0 Å². The first-order valence-corrected chi connectivity index (χ1v) is 6.31. The Labute approximate surface area is 128 Å². The van der Waals surface area contributed by atoms with Crippen LogP contribution < -0.4 is 9.74 Å². The molecule has 0 radical (unpaired) electrons. The number of para-hydroxylation sites is 1. The third-order valence-corrected chi connectivity index (χ3v) is 3.05. The predicted molar refractivity (Wildman–Crippen MR) is 75.2 cm³/mol. The number of alkyl halides is 3. The van der Waals surface area contributed by atoms with Crippen LogP contribution in [0.1, 0.15) is 5.56 Å². The second-order valence-electron chi connectivity index (χ2n) is 4.24. The van der Waals surface area contributed by atoms with Gasteiger partial charge in [-0.25, -0.2) is 13.6 Å². The van der Waals surface area contributed by atoms with E-state index in [1.54, 1.807) is 18.2 Å². The van der Waals surface area contributed by atoms with E-state index in [1.807, 2.05) is 5.32 Å². The number of anilines is 2. The van der Waals surface area contributed by atoms with Gasteiger partial charge in [-0.3, -0.25) is 0 Å². The van der Waals surface area contributed by atoms with Gasteiger partial charge in [0.15, 0.2) is 0 Å². The van der Waals surface area contributed by atoms with E-state index in [2.05, 4.69) is 0 Å². The average molecular weight is 333 g/mol. The molecule has 0 atom stereocenters. The van der Waals surface area contributed by atoms with Gasteiger partial charge in [-0.2, -0.15) is 13.2 Å². The maximum absolute atomic E-state index is 13.5. The van der Waals surface area contributed by atoms with Crippen molar-refractivity contribution in [3.05, 3.63) is 59.9 Å². The lowest BCUT2D eigenvalue weighted by atomic mass is 10.2. The number of rotatable bonds is 2. The fourth-order valence-corrected chi connectivity index (χ4v) is 1.79. The molecule has 0 aliphatic carbocycles. The largest absolute Gasteiger partial charge is 0.416 e. The number of halogens is 5. The topological polar surface area (TPSA) is 32.3 Å². The molecule has 0 aromatic heterocycles. The van der Waals surface area contributed by atoms with Crippen LogP contribution in [0.4, 0.5) is 33.7 Å². The van der Waals surface area contributed by atoms with Gasteiger partial charge in [0.25, 0.3) is 0 Å². The first kappa shape index (κ1) is 16.1. The zero-order valence-electron chi connectivity index (χ0n) is 10.9. The van der Waals surface area contributed by atoms with Crippen molar-refractivity contribution >= 4 is 29.2 Å². The highest BCUT2D eigenvalue weighted by Gasteiger charge is 2.31. The summed E-state index contributed by atoms with van der Waals surface area (Å²) in [6.07, 6.45) is -4.65. The standard InChI is InChI=1S/C14H9ClF4N2O/c15-21(10-4-2-1-3-5-10)13(22)20-12-8-9(14(17,18)19)6-7-11(12)16/h1-8H,(H,20,22). The van der Waals surface area contributed by atoms with Gasteiger partial charge in [-0.15, -0.1) is 0 Å². The lowest BCUT2D eigenvalue weighted by Crippen LogP contribution is -2.27. The van der Waals surface area contributed by atoms with Crippen LogP contribution in [0.25, 0.3) is 0 Å². The first-order valence-electron chi connectivity index (χ1n) is 5.98. The van der Waals surface area contributed by atoms with Crippen molar-refractivity contribution in [3.8, 4) is 0 Å². The summed E-state index contributed by atoms with van der Waals surface area (Å²) in [6, 6.07) is 8.67. The van der Waals surface area contributed by atoms with Crippen LogP contribution >= 0.6 is 11.8 Å². The SMILES string of the molecule is O=C(Nc1cc(C(F)(F)F)ccc1F)N(Cl)c1ccccc1. The summed E-state index contributed by atoms with van der Waals surface area (Å²) in [5, 5.41) is 2.00. The number of hydrogen-bond donors (Lipinski definition) is 1. The monoisotopic (exact) mass is 332 g/mol. The number of nitrogens with zero attached hydrogens (tertiary/aromatic N) is 1. The normalized spacial score (nSPS) is 11.1. The molecule has 0 unspecified atom stereocenters. The van der Waals surface area contributed by atoms with Crippen LogP contribution in [0.3, 0.4) is 0 Å². The van der Waals surface area contributed by atoms with E-state index >= 15 is 0 Å². The summed E-state index contributed by atoms with van der Waals surface area (Å²) in [6.45, 7) is 0. The minimum atomic E-state index is -4.65. The highest BCUT2D eigenvalue weighted by Crippen LogP contribution is 2.32. The summed E-state index contributed by atoms with van der Waals surface area (Å²) < 4.78 is 51.9. The Morgan fingerprint density at radius 1 is 1.09 bits per heavy atom. The molecular formula is C14H9ClF4N2O. The van der Waals surface area contributed by atoms with Gasteiger partial charge in [0.05, 0.1) is 16.9 Å². The lowest BCUT2D eigenvalue weighted by Gasteiger charge is -2.16. The summed E-state index contributed by atoms with van der Waals surface area (Å²) >= 11 is 5.77. The molecule has 2 aromatic rings. The molecule has 0 saturated carbocycles. The summed E-state index contributed by atoms with van der Waals surface area (Å²) in [5.74, 6) is -1.00. The number of benzene rings is 2. The average Bonchev–Trinajstić information content (AvgIpc) is 2.48. The number of nitrogens with one attached hydrogen (secondary N) is 1. The Bertz CT molecular complexity index is 676. The fraction of sp³-hybridized carbons (Fsp3) is 0.0714. The van der Waals surface area contributed by atoms with E-state index in [4.69, 9.17) is 11.8 Å². The summed E-state index contributed by atoms with van der Waals surface area (Å²) in [5.41, 5.74) is -1.40. The number of amides is 2. The van der Waals surface area contributed by atoms with Crippen molar-refractivity contribution < 1.29 is 22.4 Å². The molecule has 1 N–H and O–H groups in total. The van der Waals surface area contributed by atoms with E-state index < -0.39 is 29.3 Å². The Kier molecular flexibility index (Phi) is 4.56. The number of carbonyl (C=O) groups is 1. The zero-order chi connectivity index (χ0) is 16.3. The second-order valence-corrected chi connectivity index (χ2v) is 4.58.